The first-order chi connectivity index (χ1) is 11.9. The van der Waals surface area contributed by atoms with Crippen molar-refractivity contribution >= 4 is 23.8 Å². The van der Waals surface area contributed by atoms with Gasteiger partial charge in [-0.1, -0.05) is 0 Å². The highest BCUT2D eigenvalue weighted by atomic mass is 19.1. The topological polar surface area (TPSA) is 108 Å². The van der Waals surface area contributed by atoms with E-state index in [-0.39, 0.29) is 23.9 Å². The first-order valence-electron chi connectivity index (χ1n) is 7.85. The van der Waals surface area contributed by atoms with Crippen LogP contribution < -0.4 is 16.0 Å². The van der Waals surface area contributed by atoms with Crippen LogP contribution >= 0.6 is 0 Å². The number of nitrogens with zero attached hydrogens (tertiary/aromatic N) is 1. The van der Waals surface area contributed by atoms with Crippen molar-refractivity contribution in [2.24, 2.45) is 0 Å². The second-order valence-electron chi connectivity index (χ2n) is 6.06. The lowest BCUT2D eigenvalue weighted by Gasteiger charge is -2.37. The summed E-state index contributed by atoms with van der Waals surface area (Å²) in [6.45, 7) is 0.416. The Bertz CT molecular complexity index is 726. The largest absolute Gasteiger partial charge is 0.343 e. The summed E-state index contributed by atoms with van der Waals surface area (Å²) in [5.74, 6) is -1.56. The predicted molar refractivity (Wildman–Crippen MR) is 84.0 cm³/mol. The number of benzene rings is 1. The Morgan fingerprint density at radius 3 is 2.36 bits per heavy atom. The number of amides is 5. The summed E-state index contributed by atoms with van der Waals surface area (Å²) in [7, 11) is 0. The van der Waals surface area contributed by atoms with Crippen molar-refractivity contribution in [1.29, 1.82) is 0 Å². The third kappa shape index (κ3) is 3.44. The molecule has 0 atom stereocenters. The van der Waals surface area contributed by atoms with E-state index in [1.54, 1.807) is 0 Å². The van der Waals surface area contributed by atoms with Crippen LogP contribution in [0.5, 0.6) is 0 Å². The van der Waals surface area contributed by atoms with Gasteiger partial charge < -0.3 is 15.5 Å². The number of imide groups is 1. The molecule has 5 amide bonds. The summed E-state index contributed by atoms with van der Waals surface area (Å²) in [4.78, 5) is 48.8. The predicted octanol–water partition coefficient (Wildman–Crippen LogP) is -0.244. The van der Waals surface area contributed by atoms with E-state index in [1.807, 2.05) is 0 Å². The van der Waals surface area contributed by atoms with Crippen molar-refractivity contribution in [2.45, 2.75) is 18.4 Å². The molecule has 1 aromatic rings. The number of rotatable bonds is 3. The number of urea groups is 1. The van der Waals surface area contributed by atoms with Gasteiger partial charge >= 0.3 is 6.03 Å². The normalized spacial score (nSPS) is 18.7. The quantitative estimate of drug-likeness (QED) is 0.655. The third-order valence-corrected chi connectivity index (χ3v) is 4.49. The van der Waals surface area contributed by atoms with Gasteiger partial charge in [0.2, 0.25) is 5.91 Å². The summed E-state index contributed by atoms with van der Waals surface area (Å²) < 4.78 is 12.8. The third-order valence-electron chi connectivity index (χ3n) is 4.49. The van der Waals surface area contributed by atoms with Gasteiger partial charge in [-0.05, 0) is 37.1 Å². The summed E-state index contributed by atoms with van der Waals surface area (Å²) in [5.41, 5.74) is -0.678. The van der Waals surface area contributed by atoms with E-state index in [0.717, 1.165) is 0 Å². The van der Waals surface area contributed by atoms with E-state index in [9.17, 15) is 23.6 Å². The van der Waals surface area contributed by atoms with Crippen LogP contribution in [0.1, 0.15) is 23.2 Å². The van der Waals surface area contributed by atoms with Gasteiger partial charge in [-0.25, -0.2) is 9.18 Å². The number of nitrogens with one attached hydrogen (secondary N) is 3. The molecule has 3 N–H and O–H groups in total. The molecule has 0 aromatic heterocycles. The lowest BCUT2D eigenvalue weighted by Crippen LogP contribution is -2.56. The molecule has 0 aliphatic carbocycles. The highest BCUT2D eigenvalue weighted by Crippen LogP contribution is 2.25. The minimum atomic E-state index is -0.939. The van der Waals surface area contributed by atoms with Gasteiger partial charge in [-0.2, -0.15) is 0 Å². The molecule has 2 saturated heterocycles. The van der Waals surface area contributed by atoms with Gasteiger partial charge in [0.15, 0.2) is 0 Å². The Labute approximate surface area is 142 Å². The summed E-state index contributed by atoms with van der Waals surface area (Å²) >= 11 is 0. The summed E-state index contributed by atoms with van der Waals surface area (Å²) in [5, 5.41) is 7.32. The molecule has 1 aromatic carbocycles. The van der Waals surface area contributed by atoms with Gasteiger partial charge in [0, 0.05) is 18.7 Å². The first-order valence-corrected chi connectivity index (χ1v) is 7.85. The van der Waals surface area contributed by atoms with Gasteiger partial charge in [0.05, 0.1) is 6.54 Å². The zero-order valence-corrected chi connectivity index (χ0v) is 13.3. The van der Waals surface area contributed by atoms with Gasteiger partial charge in [-0.15, -0.1) is 0 Å². The molecule has 132 valence electrons. The van der Waals surface area contributed by atoms with E-state index < -0.39 is 23.3 Å². The molecule has 2 heterocycles. The highest BCUT2D eigenvalue weighted by molar-refractivity contribution is 6.07. The van der Waals surface area contributed by atoms with Crippen molar-refractivity contribution in [2.75, 3.05) is 19.6 Å². The smallest absolute Gasteiger partial charge is 0.322 e. The molecule has 2 aliphatic heterocycles. The summed E-state index contributed by atoms with van der Waals surface area (Å²) in [6.07, 6.45) is 0.643. The molecule has 2 fully saturated rings. The zero-order valence-electron chi connectivity index (χ0n) is 13.3. The molecule has 9 heteroatoms. The maximum atomic E-state index is 12.8. The van der Waals surface area contributed by atoms with Crippen LogP contribution in [0.3, 0.4) is 0 Å². The van der Waals surface area contributed by atoms with Gasteiger partial charge in [0.1, 0.15) is 11.4 Å². The lowest BCUT2D eigenvalue weighted by molar-refractivity contribution is -0.134. The number of carbonyl (C=O) groups excluding carboxylic acids is 4. The number of piperidine rings is 1. The number of carbonyl (C=O) groups is 4. The van der Waals surface area contributed by atoms with Crippen molar-refractivity contribution in [3.8, 4) is 0 Å². The Morgan fingerprint density at radius 2 is 1.80 bits per heavy atom. The van der Waals surface area contributed by atoms with Crippen LogP contribution in [0, 0.1) is 5.82 Å². The van der Waals surface area contributed by atoms with Gasteiger partial charge in [0.25, 0.3) is 11.8 Å². The lowest BCUT2D eigenvalue weighted by atomic mass is 9.88. The molecular formula is C16H17FN4O4. The molecule has 2 aliphatic rings. The SMILES string of the molecule is O=C1NC(=O)C2(CCN(C(=O)CNC(=O)c3ccc(F)cc3)CC2)N1. The highest BCUT2D eigenvalue weighted by Gasteiger charge is 2.48. The van der Waals surface area contributed by atoms with Gasteiger partial charge in [-0.3, -0.25) is 19.7 Å². The number of halogens is 1. The average Bonchev–Trinajstić information content (AvgIpc) is 2.87. The second-order valence-corrected chi connectivity index (χ2v) is 6.06. The first kappa shape index (κ1) is 16.9. The van der Waals surface area contributed by atoms with E-state index in [4.69, 9.17) is 0 Å². The molecule has 0 saturated carbocycles. The fourth-order valence-corrected chi connectivity index (χ4v) is 2.99. The number of hydrogen-bond acceptors (Lipinski definition) is 4. The minimum absolute atomic E-state index is 0.193. The van der Waals surface area contributed by atoms with Crippen LogP contribution in [0.2, 0.25) is 0 Å². The van der Waals surface area contributed by atoms with E-state index in [2.05, 4.69) is 16.0 Å². The van der Waals surface area contributed by atoms with Crippen molar-refractivity contribution in [3.63, 3.8) is 0 Å². The molecule has 25 heavy (non-hydrogen) atoms. The Kier molecular flexibility index (Phi) is 4.39. The summed E-state index contributed by atoms with van der Waals surface area (Å²) in [6, 6.07) is 4.49. The van der Waals surface area contributed by atoms with E-state index >= 15 is 0 Å². The zero-order chi connectivity index (χ0) is 18.0. The molecule has 3 rings (SSSR count). The molecule has 0 radical (unpaired) electrons. The second kappa shape index (κ2) is 6.50. The Morgan fingerprint density at radius 1 is 1.16 bits per heavy atom. The van der Waals surface area contributed by atoms with Crippen molar-refractivity contribution in [1.82, 2.24) is 20.9 Å². The van der Waals surface area contributed by atoms with Crippen molar-refractivity contribution in [3.05, 3.63) is 35.6 Å². The standard InChI is InChI=1S/C16H17FN4O4/c17-11-3-1-10(2-4-11)13(23)18-9-12(22)21-7-5-16(6-8-21)14(24)19-15(25)20-16/h1-4H,5-9H2,(H,18,23)(H2,19,20,24,25). The fraction of sp³-hybridized carbons (Fsp3) is 0.375. The van der Waals surface area contributed by atoms with Crippen LogP contribution in [0.4, 0.5) is 9.18 Å². The maximum Gasteiger partial charge on any atom is 0.322 e. The number of likely N-dealkylation sites (tertiary alicyclic amines) is 1. The van der Waals surface area contributed by atoms with E-state index in [0.29, 0.717) is 25.9 Å². The van der Waals surface area contributed by atoms with Crippen LogP contribution in [0.25, 0.3) is 0 Å². The van der Waals surface area contributed by atoms with Crippen molar-refractivity contribution < 1.29 is 23.6 Å². The molecular weight excluding hydrogens is 331 g/mol. The van der Waals surface area contributed by atoms with Crippen LogP contribution in [-0.4, -0.2) is 53.8 Å². The monoisotopic (exact) mass is 348 g/mol. The average molecular weight is 348 g/mol. The Balaban J connectivity index is 1.50. The number of hydrogen-bond donors (Lipinski definition) is 3. The van der Waals surface area contributed by atoms with Crippen LogP contribution in [0.15, 0.2) is 24.3 Å². The van der Waals surface area contributed by atoms with Crippen LogP contribution in [-0.2, 0) is 9.59 Å². The minimum Gasteiger partial charge on any atom is -0.343 e. The Hall–Kier alpha value is -2.97. The fourth-order valence-electron chi connectivity index (χ4n) is 2.99. The van der Waals surface area contributed by atoms with E-state index in [1.165, 1.54) is 29.2 Å². The molecule has 1 spiro atoms. The molecule has 0 unspecified atom stereocenters. The molecule has 8 nitrogen and oxygen atoms in total. The molecule has 0 bridgehead atoms. The maximum absolute atomic E-state index is 12.8.